The molecule has 1 fully saturated rings. The van der Waals surface area contributed by atoms with Gasteiger partial charge in [-0.25, -0.2) is 0 Å². The summed E-state index contributed by atoms with van der Waals surface area (Å²) in [5.74, 6) is -0.239. The van der Waals surface area contributed by atoms with Crippen molar-refractivity contribution in [1.29, 1.82) is 0 Å². The number of amides is 2. The lowest BCUT2D eigenvalue weighted by atomic mass is 9.95. The third-order valence-electron chi connectivity index (χ3n) is 3.40. The monoisotopic (exact) mass is 255 g/mol. The second-order valence-electron chi connectivity index (χ2n) is 5.09. The van der Waals surface area contributed by atoms with Crippen LogP contribution in [0.4, 0.5) is 0 Å². The van der Waals surface area contributed by atoms with Crippen molar-refractivity contribution >= 4 is 11.8 Å². The molecule has 5 nitrogen and oxygen atoms in total. The Bertz CT molecular complexity index is 275. The zero-order chi connectivity index (χ0) is 13.4. The summed E-state index contributed by atoms with van der Waals surface area (Å²) < 4.78 is 0. The van der Waals surface area contributed by atoms with Gasteiger partial charge in [-0.15, -0.1) is 0 Å². The predicted octanol–water partition coefficient (Wildman–Crippen LogP) is 0.679. The number of carbonyl (C=O) groups excluding carboxylic acids is 2. The first-order valence-electron chi connectivity index (χ1n) is 6.91. The Morgan fingerprint density at radius 1 is 1.28 bits per heavy atom. The summed E-state index contributed by atoms with van der Waals surface area (Å²) in [6.07, 6.45) is 6.95. The van der Waals surface area contributed by atoms with Crippen molar-refractivity contribution in [3.8, 4) is 0 Å². The van der Waals surface area contributed by atoms with Gasteiger partial charge in [0.25, 0.3) is 0 Å². The highest BCUT2D eigenvalue weighted by atomic mass is 16.2. The van der Waals surface area contributed by atoms with Crippen LogP contribution in [0.25, 0.3) is 0 Å². The van der Waals surface area contributed by atoms with Gasteiger partial charge in [0.1, 0.15) is 0 Å². The molecule has 4 N–H and O–H groups in total. The SMILES string of the molecule is CC(NCCCC(N)=O)C(=O)NC1CCCCC1. The van der Waals surface area contributed by atoms with Crippen LogP contribution in [0.3, 0.4) is 0 Å². The summed E-state index contributed by atoms with van der Waals surface area (Å²) in [7, 11) is 0. The van der Waals surface area contributed by atoms with E-state index in [0.717, 1.165) is 12.8 Å². The van der Waals surface area contributed by atoms with Gasteiger partial charge in [-0.05, 0) is 32.7 Å². The highest BCUT2D eigenvalue weighted by Crippen LogP contribution is 2.17. The molecular formula is C13H25N3O2. The molecule has 0 radical (unpaired) electrons. The van der Waals surface area contributed by atoms with E-state index in [0.29, 0.717) is 25.4 Å². The summed E-state index contributed by atoms with van der Waals surface area (Å²) >= 11 is 0. The highest BCUT2D eigenvalue weighted by molar-refractivity contribution is 5.81. The molecule has 1 aliphatic rings. The molecule has 0 aromatic rings. The number of nitrogens with one attached hydrogen (secondary N) is 2. The lowest BCUT2D eigenvalue weighted by Crippen LogP contribution is -2.47. The Labute approximate surface area is 109 Å². The maximum absolute atomic E-state index is 11.9. The van der Waals surface area contributed by atoms with Gasteiger partial charge in [-0.3, -0.25) is 9.59 Å². The van der Waals surface area contributed by atoms with Crippen LogP contribution in [-0.4, -0.2) is 30.4 Å². The second-order valence-corrected chi connectivity index (χ2v) is 5.09. The van der Waals surface area contributed by atoms with Crippen LogP contribution in [0.1, 0.15) is 51.9 Å². The molecule has 0 heterocycles. The minimum absolute atomic E-state index is 0.0565. The van der Waals surface area contributed by atoms with Crippen molar-refractivity contribution in [3.05, 3.63) is 0 Å². The molecular weight excluding hydrogens is 230 g/mol. The van der Waals surface area contributed by atoms with Gasteiger partial charge >= 0.3 is 0 Å². The van der Waals surface area contributed by atoms with Crippen LogP contribution in [-0.2, 0) is 9.59 Å². The molecule has 1 unspecified atom stereocenters. The number of primary amides is 1. The van der Waals surface area contributed by atoms with E-state index in [-0.39, 0.29) is 17.9 Å². The maximum atomic E-state index is 11.9. The average molecular weight is 255 g/mol. The first-order chi connectivity index (χ1) is 8.59. The number of rotatable bonds is 7. The normalized spacial score (nSPS) is 18.3. The Morgan fingerprint density at radius 3 is 2.56 bits per heavy atom. The van der Waals surface area contributed by atoms with Crippen LogP contribution in [0.15, 0.2) is 0 Å². The van der Waals surface area contributed by atoms with Gasteiger partial charge in [0.05, 0.1) is 6.04 Å². The van der Waals surface area contributed by atoms with Crippen LogP contribution in [0, 0.1) is 0 Å². The zero-order valence-corrected chi connectivity index (χ0v) is 11.2. The van der Waals surface area contributed by atoms with E-state index in [9.17, 15) is 9.59 Å². The van der Waals surface area contributed by atoms with Crippen molar-refractivity contribution in [2.45, 2.75) is 64.0 Å². The third-order valence-corrected chi connectivity index (χ3v) is 3.40. The topological polar surface area (TPSA) is 84.2 Å². The molecule has 1 aliphatic carbocycles. The van der Waals surface area contributed by atoms with Gasteiger partial charge in [0, 0.05) is 12.5 Å². The average Bonchev–Trinajstić information content (AvgIpc) is 2.35. The van der Waals surface area contributed by atoms with Gasteiger partial charge in [-0.1, -0.05) is 19.3 Å². The molecule has 18 heavy (non-hydrogen) atoms. The molecule has 0 spiro atoms. The molecule has 0 aromatic carbocycles. The van der Waals surface area contributed by atoms with Gasteiger partial charge < -0.3 is 16.4 Å². The van der Waals surface area contributed by atoms with Crippen molar-refractivity contribution in [1.82, 2.24) is 10.6 Å². The number of hydrogen-bond acceptors (Lipinski definition) is 3. The summed E-state index contributed by atoms with van der Waals surface area (Å²) in [4.78, 5) is 22.4. The molecule has 1 atom stereocenters. The molecule has 1 saturated carbocycles. The van der Waals surface area contributed by atoms with E-state index >= 15 is 0 Å². The lowest BCUT2D eigenvalue weighted by molar-refractivity contribution is -0.123. The van der Waals surface area contributed by atoms with E-state index < -0.39 is 0 Å². The van der Waals surface area contributed by atoms with E-state index in [4.69, 9.17) is 5.73 Å². The van der Waals surface area contributed by atoms with E-state index in [1.807, 2.05) is 6.92 Å². The van der Waals surface area contributed by atoms with Crippen molar-refractivity contribution < 1.29 is 9.59 Å². The largest absolute Gasteiger partial charge is 0.370 e. The summed E-state index contributed by atoms with van der Waals surface area (Å²) in [6, 6.07) is 0.140. The minimum Gasteiger partial charge on any atom is -0.370 e. The van der Waals surface area contributed by atoms with E-state index in [1.165, 1.54) is 19.3 Å². The van der Waals surface area contributed by atoms with Crippen molar-refractivity contribution in [2.24, 2.45) is 5.73 Å². The zero-order valence-electron chi connectivity index (χ0n) is 11.2. The van der Waals surface area contributed by atoms with Gasteiger partial charge in [-0.2, -0.15) is 0 Å². The first-order valence-corrected chi connectivity index (χ1v) is 6.91. The molecule has 0 aliphatic heterocycles. The minimum atomic E-state index is -0.295. The standard InChI is InChI=1S/C13H25N3O2/c1-10(15-9-5-8-12(14)17)13(18)16-11-6-3-2-4-7-11/h10-11,15H,2-9H2,1H3,(H2,14,17)(H,16,18). The highest BCUT2D eigenvalue weighted by Gasteiger charge is 2.18. The second kappa shape index (κ2) is 8.08. The van der Waals surface area contributed by atoms with Gasteiger partial charge in [0.15, 0.2) is 0 Å². The maximum Gasteiger partial charge on any atom is 0.237 e. The summed E-state index contributed by atoms with van der Waals surface area (Å²) in [6.45, 7) is 2.49. The van der Waals surface area contributed by atoms with Crippen molar-refractivity contribution in [2.75, 3.05) is 6.54 Å². The summed E-state index contributed by atoms with van der Waals surface area (Å²) in [5.41, 5.74) is 5.05. The molecule has 104 valence electrons. The fraction of sp³-hybridized carbons (Fsp3) is 0.846. The quantitative estimate of drug-likeness (QED) is 0.585. The van der Waals surface area contributed by atoms with Crippen LogP contribution < -0.4 is 16.4 Å². The number of nitrogens with two attached hydrogens (primary N) is 1. The summed E-state index contributed by atoms with van der Waals surface area (Å²) in [5, 5.41) is 6.18. The first kappa shape index (κ1) is 15.0. The fourth-order valence-electron chi connectivity index (χ4n) is 2.25. The third kappa shape index (κ3) is 6.00. The van der Waals surface area contributed by atoms with Crippen LogP contribution in [0.2, 0.25) is 0 Å². The fourth-order valence-corrected chi connectivity index (χ4v) is 2.25. The van der Waals surface area contributed by atoms with Crippen molar-refractivity contribution in [3.63, 3.8) is 0 Å². The van der Waals surface area contributed by atoms with Crippen LogP contribution >= 0.6 is 0 Å². The predicted molar refractivity (Wildman–Crippen MR) is 70.9 cm³/mol. The number of carbonyl (C=O) groups is 2. The van der Waals surface area contributed by atoms with Gasteiger partial charge in [0.2, 0.25) is 11.8 Å². The number of hydrogen-bond donors (Lipinski definition) is 3. The van der Waals surface area contributed by atoms with Crippen LogP contribution in [0.5, 0.6) is 0 Å². The van der Waals surface area contributed by atoms with E-state index in [1.54, 1.807) is 0 Å². The molecule has 0 saturated heterocycles. The lowest BCUT2D eigenvalue weighted by Gasteiger charge is -2.24. The Morgan fingerprint density at radius 2 is 1.94 bits per heavy atom. The Hall–Kier alpha value is -1.10. The van der Waals surface area contributed by atoms with E-state index in [2.05, 4.69) is 10.6 Å². The molecule has 5 heteroatoms. The molecule has 0 bridgehead atoms. The smallest absolute Gasteiger partial charge is 0.237 e. The molecule has 0 aromatic heterocycles. The molecule has 1 rings (SSSR count). The Kier molecular flexibility index (Phi) is 6.72. The Balaban J connectivity index is 2.13. The molecule has 2 amide bonds.